The van der Waals surface area contributed by atoms with Gasteiger partial charge in [0.1, 0.15) is 0 Å². The van der Waals surface area contributed by atoms with Crippen LogP contribution in [0.4, 0.5) is 0 Å². The summed E-state index contributed by atoms with van der Waals surface area (Å²) in [5, 5.41) is 0.0344. The summed E-state index contributed by atoms with van der Waals surface area (Å²) in [7, 11) is -0.160. The average molecular weight is 219 g/mol. The first-order chi connectivity index (χ1) is 6.84. The summed E-state index contributed by atoms with van der Waals surface area (Å²) in [6.07, 6.45) is 7.03. The number of unbranched alkanes of at least 4 members (excludes halogenated alkanes) is 3. The van der Waals surface area contributed by atoms with E-state index >= 15 is 0 Å². The molecular formula is C10H20BClO2. The maximum atomic E-state index is 6.19. The second kappa shape index (κ2) is 7.55. The quantitative estimate of drug-likeness (QED) is 0.388. The summed E-state index contributed by atoms with van der Waals surface area (Å²) >= 11 is 6.19. The van der Waals surface area contributed by atoms with E-state index < -0.39 is 0 Å². The summed E-state index contributed by atoms with van der Waals surface area (Å²) < 4.78 is 10.9. The van der Waals surface area contributed by atoms with Gasteiger partial charge in [0.25, 0.3) is 0 Å². The highest BCUT2D eigenvalue weighted by Gasteiger charge is 2.30. The first-order valence-electron chi connectivity index (χ1n) is 5.72. The van der Waals surface area contributed by atoms with E-state index in [2.05, 4.69) is 6.92 Å². The molecule has 0 aromatic rings. The van der Waals surface area contributed by atoms with Crippen LogP contribution in [0.3, 0.4) is 0 Å². The first-order valence-corrected chi connectivity index (χ1v) is 6.15. The van der Waals surface area contributed by atoms with E-state index in [0.29, 0.717) is 0 Å². The highest BCUT2D eigenvalue weighted by Crippen LogP contribution is 2.16. The molecule has 0 N–H and O–H groups in total. The molecular weight excluding hydrogens is 198 g/mol. The Kier molecular flexibility index (Phi) is 6.66. The Morgan fingerprint density at radius 1 is 1.21 bits per heavy atom. The van der Waals surface area contributed by atoms with Crippen LogP contribution in [0.2, 0.25) is 0 Å². The molecule has 0 spiro atoms. The van der Waals surface area contributed by atoms with Crippen LogP contribution in [0.15, 0.2) is 0 Å². The first kappa shape index (κ1) is 12.3. The molecule has 0 amide bonds. The summed E-state index contributed by atoms with van der Waals surface area (Å²) in [5.74, 6) is 0. The Hall–Kier alpha value is 0.275. The van der Waals surface area contributed by atoms with Gasteiger partial charge in [-0.15, -0.1) is 11.6 Å². The van der Waals surface area contributed by atoms with E-state index in [9.17, 15) is 0 Å². The third kappa shape index (κ3) is 4.67. The molecule has 0 saturated carbocycles. The fourth-order valence-corrected chi connectivity index (χ4v) is 1.92. The van der Waals surface area contributed by atoms with Crippen LogP contribution in [0.25, 0.3) is 0 Å². The van der Waals surface area contributed by atoms with Gasteiger partial charge in [0.05, 0.1) is 5.28 Å². The van der Waals surface area contributed by atoms with Crippen LogP contribution in [-0.4, -0.2) is 25.6 Å². The van der Waals surface area contributed by atoms with Crippen molar-refractivity contribution in [3.63, 3.8) is 0 Å². The van der Waals surface area contributed by atoms with Crippen LogP contribution < -0.4 is 0 Å². The zero-order chi connectivity index (χ0) is 10.2. The highest BCUT2D eigenvalue weighted by molar-refractivity contribution is 6.59. The third-order valence-corrected chi connectivity index (χ3v) is 2.91. The Labute approximate surface area is 92.4 Å². The molecule has 1 rings (SSSR count). The Morgan fingerprint density at radius 2 is 1.93 bits per heavy atom. The summed E-state index contributed by atoms with van der Waals surface area (Å²) in [4.78, 5) is 0. The number of hydrogen-bond acceptors (Lipinski definition) is 2. The Morgan fingerprint density at radius 3 is 2.57 bits per heavy atom. The van der Waals surface area contributed by atoms with Crippen LogP contribution in [-0.2, 0) is 9.31 Å². The molecule has 0 radical (unpaired) electrons. The predicted molar refractivity (Wildman–Crippen MR) is 60.7 cm³/mol. The molecule has 0 aliphatic carbocycles. The van der Waals surface area contributed by atoms with E-state index in [0.717, 1.165) is 26.1 Å². The zero-order valence-electron chi connectivity index (χ0n) is 9.01. The standard InChI is InChI=1S/C10H20BClO2/c1-2-3-4-5-7-10(12)11-13-8-6-9-14-11/h10H,2-9H2,1H3. The largest absolute Gasteiger partial charge is 0.476 e. The highest BCUT2D eigenvalue weighted by atomic mass is 35.5. The molecule has 2 nitrogen and oxygen atoms in total. The summed E-state index contributed by atoms with van der Waals surface area (Å²) in [6.45, 7) is 3.80. The summed E-state index contributed by atoms with van der Waals surface area (Å²) in [5.41, 5.74) is 0. The van der Waals surface area contributed by atoms with Crippen molar-refractivity contribution in [1.29, 1.82) is 0 Å². The Bertz CT molecular complexity index is 140. The number of alkyl halides is 1. The van der Waals surface area contributed by atoms with Crippen LogP contribution >= 0.6 is 11.6 Å². The molecule has 1 atom stereocenters. The van der Waals surface area contributed by atoms with Gasteiger partial charge >= 0.3 is 7.12 Å². The molecule has 1 fully saturated rings. The number of hydrogen-bond donors (Lipinski definition) is 0. The average Bonchev–Trinajstić information content (AvgIpc) is 2.25. The van der Waals surface area contributed by atoms with Gasteiger partial charge in [0, 0.05) is 13.2 Å². The van der Waals surface area contributed by atoms with Crippen molar-refractivity contribution < 1.29 is 9.31 Å². The van der Waals surface area contributed by atoms with E-state index in [-0.39, 0.29) is 12.4 Å². The maximum Gasteiger partial charge on any atom is 0.476 e. The topological polar surface area (TPSA) is 18.5 Å². The molecule has 82 valence electrons. The normalized spacial score (nSPS) is 19.7. The minimum Gasteiger partial charge on any atom is -0.410 e. The van der Waals surface area contributed by atoms with Crippen molar-refractivity contribution >= 4 is 18.7 Å². The van der Waals surface area contributed by atoms with Gasteiger partial charge in [-0.2, -0.15) is 0 Å². The van der Waals surface area contributed by atoms with E-state index in [1.54, 1.807) is 0 Å². The lowest BCUT2D eigenvalue weighted by molar-refractivity contribution is 0.131. The fraction of sp³-hybridized carbons (Fsp3) is 1.00. The van der Waals surface area contributed by atoms with Gasteiger partial charge in [-0.1, -0.05) is 32.6 Å². The van der Waals surface area contributed by atoms with Crippen LogP contribution in [0, 0.1) is 0 Å². The zero-order valence-corrected chi connectivity index (χ0v) is 9.76. The fourth-order valence-electron chi connectivity index (χ4n) is 1.62. The minimum atomic E-state index is -0.160. The molecule has 0 aromatic carbocycles. The summed E-state index contributed by atoms with van der Waals surface area (Å²) in [6, 6.07) is 0. The van der Waals surface area contributed by atoms with E-state index in [1.165, 1.54) is 25.7 Å². The molecule has 0 bridgehead atoms. The van der Waals surface area contributed by atoms with Gasteiger partial charge in [-0.05, 0) is 12.8 Å². The lowest BCUT2D eigenvalue weighted by Gasteiger charge is -2.23. The number of halogens is 1. The van der Waals surface area contributed by atoms with Crippen molar-refractivity contribution in [3.8, 4) is 0 Å². The smallest absolute Gasteiger partial charge is 0.410 e. The second-order valence-corrected chi connectivity index (χ2v) is 4.39. The van der Waals surface area contributed by atoms with Gasteiger partial charge in [0.15, 0.2) is 0 Å². The monoisotopic (exact) mass is 218 g/mol. The van der Waals surface area contributed by atoms with E-state index in [4.69, 9.17) is 20.9 Å². The molecule has 14 heavy (non-hydrogen) atoms. The molecule has 1 aliphatic rings. The SMILES string of the molecule is CCCCCCC(Cl)B1OCCCO1. The molecule has 0 aromatic heterocycles. The minimum absolute atomic E-state index is 0.0344. The lowest BCUT2D eigenvalue weighted by atomic mass is 9.80. The number of rotatable bonds is 6. The molecule has 4 heteroatoms. The van der Waals surface area contributed by atoms with Crippen LogP contribution in [0.1, 0.15) is 45.4 Å². The van der Waals surface area contributed by atoms with Crippen molar-refractivity contribution in [2.75, 3.05) is 13.2 Å². The molecule has 1 aliphatic heterocycles. The van der Waals surface area contributed by atoms with Crippen molar-refractivity contribution in [2.45, 2.75) is 50.7 Å². The van der Waals surface area contributed by atoms with Gasteiger partial charge < -0.3 is 9.31 Å². The van der Waals surface area contributed by atoms with Crippen molar-refractivity contribution in [1.82, 2.24) is 0 Å². The van der Waals surface area contributed by atoms with Gasteiger partial charge in [-0.25, -0.2) is 0 Å². The third-order valence-electron chi connectivity index (χ3n) is 2.48. The molecule has 1 heterocycles. The van der Waals surface area contributed by atoms with Crippen LogP contribution in [0.5, 0.6) is 0 Å². The van der Waals surface area contributed by atoms with Gasteiger partial charge in [0.2, 0.25) is 0 Å². The van der Waals surface area contributed by atoms with E-state index in [1.807, 2.05) is 0 Å². The predicted octanol–water partition coefficient (Wildman–Crippen LogP) is 3.03. The second-order valence-electron chi connectivity index (χ2n) is 3.83. The molecule has 1 unspecified atom stereocenters. The van der Waals surface area contributed by atoms with Crippen molar-refractivity contribution in [3.05, 3.63) is 0 Å². The Balaban J connectivity index is 2.04. The lowest BCUT2D eigenvalue weighted by Crippen LogP contribution is -2.38. The van der Waals surface area contributed by atoms with Crippen molar-refractivity contribution in [2.24, 2.45) is 0 Å². The maximum absolute atomic E-state index is 6.19. The van der Waals surface area contributed by atoms with Gasteiger partial charge in [-0.3, -0.25) is 0 Å². The molecule has 1 saturated heterocycles.